The van der Waals surface area contributed by atoms with Gasteiger partial charge in [-0.15, -0.1) is 0 Å². The number of halogens is 1. The number of aryl methyl sites for hydroxylation is 1. The molecule has 0 atom stereocenters. The Morgan fingerprint density at radius 3 is 2.12 bits per heavy atom. The molecule has 2 rings (SSSR count). The smallest absolute Gasteiger partial charge is 0.193 e. The molecule has 0 saturated heterocycles. The Labute approximate surface area is 213 Å². The van der Waals surface area contributed by atoms with Gasteiger partial charge in [0.05, 0.1) is 0 Å². The fourth-order valence-corrected chi connectivity index (χ4v) is 3.94. The number of allylic oxidation sites excluding steroid dienone is 2. The fraction of sp³-hybridized carbons (Fsp3) is 0.452. The van der Waals surface area contributed by atoms with Crippen molar-refractivity contribution in [2.45, 2.75) is 93.4 Å². The molecule has 3 heteroatoms. The predicted molar refractivity (Wildman–Crippen MR) is 152 cm³/mol. The maximum Gasteiger partial charge on any atom is 0.193 e. The first-order valence-corrected chi connectivity index (χ1v) is 13.3. The Hall–Kier alpha value is -2.32. The second-order valence-electron chi connectivity index (χ2n) is 7.86. The van der Waals surface area contributed by atoms with Gasteiger partial charge in [0, 0.05) is 21.7 Å². The van der Waals surface area contributed by atoms with Crippen LogP contribution in [0.15, 0.2) is 54.6 Å². The molecular formula is C31H45ClO2. The minimum Gasteiger partial charge on any atom is -0.508 e. The maximum absolute atomic E-state index is 13.8. The van der Waals surface area contributed by atoms with E-state index in [1.807, 2.05) is 52.8 Å². The van der Waals surface area contributed by atoms with Crippen LogP contribution in [-0.2, 0) is 0 Å². The van der Waals surface area contributed by atoms with E-state index >= 15 is 0 Å². The second-order valence-corrected chi connectivity index (χ2v) is 8.29. The molecule has 1 N–H and O–H groups in total. The molecule has 0 aromatic heterocycles. The van der Waals surface area contributed by atoms with Crippen molar-refractivity contribution < 1.29 is 9.90 Å². The molecule has 0 saturated carbocycles. The first-order chi connectivity index (χ1) is 16.4. The Morgan fingerprint density at radius 2 is 1.53 bits per heavy atom. The molecule has 0 unspecified atom stereocenters. The predicted octanol–water partition coefficient (Wildman–Crippen LogP) is 10.6. The van der Waals surface area contributed by atoms with Crippen molar-refractivity contribution in [3.63, 3.8) is 0 Å². The minimum atomic E-state index is -0.0394. The number of carbonyl (C=O) groups excluding carboxylic acids is 1. The van der Waals surface area contributed by atoms with Gasteiger partial charge < -0.3 is 5.11 Å². The van der Waals surface area contributed by atoms with Gasteiger partial charge in [-0.25, -0.2) is 0 Å². The van der Waals surface area contributed by atoms with Crippen molar-refractivity contribution in [2.75, 3.05) is 0 Å². The molecule has 2 nitrogen and oxygen atoms in total. The third kappa shape index (κ3) is 9.89. The fourth-order valence-electron chi connectivity index (χ4n) is 3.76. The number of Topliss-reactive ketones (excluding diaryl/α,β-unsaturated/α-hetero) is 1. The lowest BCUT2D eigenvalue weighted by Gasteiger charge is -2.18. The largest absolute Gasteiger partial charge is 0.508 e. The number of unbranched alkanes of at least 4 members (excludes halogenated alkanes) is 3. The number of rotatable bonds is 11. The molecule has 2 aromatic carbocycles. The highest BCUT2D eigenvalue weighted by atomic mass is 35.5. The van der Waals surface area contributed by atoms with E-state index in [9.17, 15) is 9.90 Å². The van der Waals surface area contributed by atoms with Crippen molar-refractivity contribution in [3.8, 4) is 0 Å². The molecule has 0 aliphatic rings. The van der Waals surface area contributed by atoms with Crippen molar-refractivity contribution in [1.82, 2.24) is 0 Å². The zero-order chi connectivity index (χ0) is 26.1. The van der Waals surface area contributed by atoms with E-state index in [0.29, 0.717) is 16.1 Å². The van der Waals surface area contributed by atoms with Gasteiger partial charge in [-0.3, -0.25) is 4.79 Å². The van der Waals surface area contributed by atoms with E-state index in [1.165, 1.54) is 24.8 Å². The lowest BCUT2D eigenvalue weighted by Crippen LogP contribution is -2.09. The standard InChI is InChI=1S/C27H33ClO2.2C2H6/c1-5-7-8-9-12-21(11-6-2)26(25-18-24(28)16-15-19(25)3)27(30)23-14-10-13-22(17-23)20(4)29;2*1-2/h10,13-18,29H,4-9,11-12H2,1-3H3;2*1-2H3/b26-21-;;. The Morgan fingerprint density at radius 1 is 0.882 bits per heavy atom. The van der Waals surface area contributed by atoms with Crippen LogP contribution in [0.5, 0.6) is 0 Å². The summed E-state index contributed by atoms with van der Waals surface area (Å²) in [6.07, 6.45) is 7.40. The number of hydrogen-bond donors (Lipinski definition) is 1. The van der Waals surface area contributed by atoms with Gasteiger partial charge in [-0.2, -0.15) is 0 Å². The van der Waals surface area contributed by atoms with Crippen LogP contribution in [0.25, 0.3) is 11.3 Å². The first kappa shape index (κ1) is 31.7. The summed E-state index contributed by atoms with van der Waals surface area (Å²) < 4.78 is 0. The summed E-state index contributed by atoms with van der Waals surface area (Å²) in [6, 6.07) is 12.8. The summed E-state index contributed by atoms with van der Waals surface area (Å²) in [7, 11) is 0. The Kier molecular flexibility index (Phi) is 16.8. The molecule has 0 aliphatic carbocycles. The SMILES string of the molecule is C=C(O)c1cccc(C(=O)/C(=C(/CCC)CCCCCC)c2cc(Cl)ccc2C)c1.CC.CC. The first-order valence-electron chi connectivity index (χ1n) is 12.9. The van der Waals surface area contributed by atoms with E-state index in [2.05, 4.69) is 20.4 Å². The number of ketones is 1. The van der Waals surface area contributed by atoms with E-state index in [0.717, 1.165) is 42.4 Å². The van der Waals surface area contributed by atoms with Gasteiger partial charge in [0.2, 0.25) is 0 Å². The number of aliphatic hydroxyl groups excluding tert-OH is 1. The molecule has 34 heavy (non-hydrogen) atoms. The van der Waals surface area contributed by atoms with Crippen LogP contribution in [-0.4, -0.2) is 10.9 Å². The Bertz CT molecular complexity index is 925. The van der Waals surface area contributed by atoms with Crippen LogP contribution in [0.3, 0.4) is 0 Å². The molecular weight excluding hydrogens is 440 g/mol. The summed E-state index contributed by atoms with van der Waals surface area (Å²) in [5, 5.41) is 10.4. The number of carbonyl (C=O) groups is 1. The quantitative estimate of drug-likeness (QED) is 0.149. The van der Waals surface area contributed by atoms with Crippen LogP contribution >= 0.6 is 11.6 Å². The topological polar surface area (TPSA) is 37.3 Å². The second kappa shape index (κ2) is 18.1. The average Bonchev–Trinajstić information content (AvgIpc) is 2.86. The van der Waals surface area contributed by atoms with Gasteiger partial charge in [0.1, 0.15) is 5.76 Å². The zero-order valence-electron chi connectivity index (χ0n) is 22.4. The highest BCUT2D eigenvalue weighted by molar-refractivity contribution is 6.33. The van der Waals surface area contributed by atoms with Gasteiger partial charge in [-0.05, 0) is 55.5 Å². The normalized spacial score (nSPS) is 10.8. The lowest BCUT2D eigenvalue weighted by atomic mass is 9.86. The maximum atomic E-state index is 13.8. The lowest BCUT2D eigenvalue weighted by molar-refractivity contribution is 0.105. The zero-order valence-corrected chi connectivity index (χ0v) is 23.2. The van der Waals surface area contributed by atoms with Crippen LogP contribution in [0.4, 0.5) is 0 Å². The molecule has 0 amide bonds. The van der Waals surface area contributed by atoms with E-state index in [1.54, 1.807) is 24.3 Å². The molecule has 0 spiro atoms. The summed E-state index contributed by atoms with van der Waals surface area (Å²) in [5.74, 6) is -0.0649. The number of aliphatic hydroxyl groups is 1. The van der Waals surface area contributed by atoms with Gasteiger partial charge in [-0.1, -0.05) is 115 Å². The van der Waals surface area contributed by atoms with Crippen LogP contribution in [0, 0.1) is 6.92 Å². The van der Waals surface area contributed by atoms with E-state index in [-0.39, 0.29) is 11.5 Å². The highest BCUT2D eigenvalue weighted by Crippen LogP contribution is 2.33. The molecule has 0 heterocycles. The monoisotopic (exact) mass is 484 g/mol. The van der Waals surface area contributed by atoms with Crippen molar-refractivity contribution in [2.24, 2.45) is 0 Å². The van der Waals surface area contributed by atoms with Crippen LogP contribution in [0.2, 0.25) is 5.02 Å². The molecule has 188 valence electrons. The summed E-state index contributed by atoms with van der Waals surface area (Å²) >= 11 is 6.33. The summed E-state index contributed by atoms with van der Waals surface area (Å²) in [4.78, 5) is 13.8. The van der Waals surface area contributed by atoms with Gasteiger partial charge in [0.25, 0.3) is 0 Å². The minimum absolute atomic E-state index is 0.0255. The molecule has 2 aromatic rings. The number of benzene rings is 2. The van der Waals surface area contributed by atoms with E-state index in [4.69, 9.17) is 11.6 Å². The van der Waals surface area contributed by atoms with E-state index < -0.39 is 0 Å². The third-order valence-electron chi connectivity index (χ3n) is 5.39. The third-order valence-corrected chi connectivity index (χ3v) is 5.63. The average molecular weight is 485 g/mol. The summed E-state index contributed by atoms with van der Waals surface area (Å²) in [5.41, 5.74) is 5.00. The van der Waals surface area contributed by atoms with Crippen molar-refractivity contribution in [1.29, 1.82) is 0 Å². The summed E-state index contributed by atoms with van der Waals surface area (Å²) in [6.45, 7) is 18.0. The van der Waals surface area contributed by atoms with Gasteiger partial charge >= 0.3 is 0 Å². The van der Waals surface area contributed by atoms with Crippen LogP contribution < -0.4 is 0 Å². The van der Waals surface area contributed by atoms with Gasteiger partial charge in [0.15, 0.2) is 5.78 Å². The Balaban J connectivity index is 0.00000258. The number of hydrogen-bond acceptors (Lipinski definition) is 2. The van der Waals surface area contributed by atoms with Crippen molar-refractivity contribution in [3.05, 3.63) is 81.9 Å². The van der Waals surface area contributed by atoms with Crippen molar-refractivity contribution >= 4 is 28.7 Å². The highest BCUT2D eigenvalue weighted by Gasteiger charge is 2.21. The molecule has 0 radical (unpaired) electrons. The molecule has 0 fully saturated rings. The molecule has 0 bridgehead atoms. The van der Waals surface area contributed by atoms with Crippen LogP contribution in [0.1, 0.15) is 114 Å². The molecule has 0 aliphatic heterocycles.